The van der Waals surface area contributed by atoms with E-state index in [4.69, 9.17) is 0 Å². The number of alkyl halides is 2. The van der Waals surface area contributed by atoms with E-state index >= 15 is 0 Å². The highest BCUT2D eigenvalue weighted by Gasteiger charge is 2.38. The van der Waals surface area contributed by atoms with Gasteiger partial charge in [-0.2, -0.15) is 10.2 Å². The highest BCUT2D eigenvalue weighted by molar-refractivity contribution is 5.96. The summed E-state index contributed by atoms with van der Waals surface area (Å²) < 4.78 is 29.8. The molecule has 1 unspecified atom stereocenters. The van der Waals surface area contributed by atoms with Crippen molar-refractivity contribution >= 4 is 11.4 Å². The molecule has 1 amide bonds. The fourth-order valence-corrected chi connectivity index (χ4v) is 3.87. The van der Waals surface area contributed by atoms with E-state index in [1.54, 1.807) is 15.7 Å². The Labute approximate surface area is 163 Å². The molecule has 5 rings (SSSR count). The maximum atomic E-state index is 13.4. The number of aromatic nitrogens is 6. The quantitative estimate of drug-likeness (QED) is 0.576. The third-order valence-corrected chi connectivity index (χ3v) is 5.15. The van der Waals surface area contributed by atoms with E-state index in [1.807, 2.05) is 30.5 Å². The van der Waals surface area contributed by atoms with Crippen LogP contribution in [0.1, 0.15) is 45.6 Å². The van der Waals surface area contributed by atoms with Crippen molar-refractivity contribution in [2.24, 2.45) is 7.05 Å². The van der Waals surface area contributed by atoms with Crippen LogP contribution in [0.3, 0.4) is 0 Å². The number of imidazole rings is 1. The Bertz CT molecular complexity index is 1180. The van der Waals surface area contributed by atoms with Crippen LogP contribution in [0.4, 0.5) is 8.78 Å². The van der Waals surface area contributed by atoms with Crippen molar-refractivity contribution in [2.45, 2.75) is 18.9 Å². The lowest BCUT2D eigenvalue weighted by Crippen LogP contribution is -2.41. The van der Waals surface area contributed by atoms with Crippen LogP contribution in [-0.4, -0.2) is 46.7 Å². The lowest BCUT2D eigenvalue weighted by atomic mass is 9.98. The van der Waals surface area contributed by atoms with Crippen molar-refractivity contribution in [2.75, 3.05) is 6.54 Å². The van der Waals surface area contributed by atoms with Crippen molar-refractivity contribution in [1.29, 1.82) is 0 Å². The second kappa shape index (κ2) is 6.50. The predicted molar refractivity (Wildman–Crippen MR) is 98.5 cm³/mol. The van der Waals surface area contributed by atoms with Crippen LogP contribution in [0.25, 0.3) is 5.52 Å². The SMILES string of the molecule is Cn1cc(C(=O)N2CCc3[nH]cnc3C2c2cc3ccccn3n2)c(C(F)F)n1. The maximum Gasteiger partial charge on any atom is 0.282 e. The zero-order valence-corrected chi connectivity index (χ0v) is 15.5. The Hall–Kier alpha value is -3.56. The maximum absolute atomic E-state index is 13.4. The number of rotatable bonds is 3. The van der Waals surface area contributed by atoms with E-state index < -0.39 is 24.1 Å². The molecule has 0 radical (unpaired) electrons. The zero-order chi connectivity index (χ0) is 20.1. The molecule has 1 aliphatic heterocycles. The summed E-state index contributed by atoms with van der Waals surface area (Å²) in [6, 6.07) is 6.97. The standard InChI is InChI=1S/C19H17F2N7O/c1-26-9-12(15(25-26)18(20)21)19(29)27-7-5-13-16(23-10-22-13)17(27)14-8-11-4-2-3-6-28(11)24-14/h2-4,6,8-10,17-18H,5,7H2,1H3,(H,22,23). The van der Waals surface area contributed by atoms with Crippen molar-refractivity contribution in [3.8, 4) is 0 Å². The van der Waals surface area contributed by atoms with Crippen molar-refractivity contribution in [1.82, 2.24) is 34.3 Å². The van der Waals surface area contributed by atoms with Gasteiger partial charge in [0.05, 0.1) is 28.8 Å². The number of nitrogens with one attached hydrogen (secondary N) is 1. The molecule has 29 heavy (non-hydrogen) atoms. The van der Waals surface area contributed by atoms with E-state index in [0.717, 1.165) is 11.2 Å². The highest BCUT2D eigenvalue weighted by Crippen LogP contribution is 2.35. The summed E-state index contributed by atoms with van der Waals surface area (Å²) in [5.74, 6) is -0.510. The van der Waals surface area contributed by atoms with Gasteiger partial charge in [-0.25, -0.2) is 18.3 Å². The molecule has 1 aliphatic rings. The number of aromatic amines is 1. The highest BCUT2D eigenvalue weighted by atomic mass is 19.3. The van der Waals surface area contributed by atoms with Gasteiger partial charge in [-0.15, -0.1) is 0 Å². The van der Waals surface area contributed by atoms with Crippen LogP contribution in [0, 0.1) is 0 Å². The van der Waals surface area contributed by atoms with Gasteiger partial charge in [0.1, 0.15) is 11.7 Å². The summed E-state index contributed by atoms with van der Waals surface area (Å²) in [4.78, 5) is 22.4. The largest absolute Gasteiger partial charge is 0.348 e. The number of halogens is 2. The van der Waals surface area contributed by atoms with Crippen LogP contribution in [0.5, 0.6) is 0 Å². The molecule has 0 spiro atoms. The lowest BCUT2D eigenvalue weighted by molar-refractivity contribution is 0.0675. The molecule has 148 valence electrons. The van der Waals surface area contributed by atoms with Crippen LogP contribution >= 0.6 is 0 Å². The molecule has 0 fully saturated rings. The number of aryl methyl sites for hydroxylation is 1. The van der Waals surface area contributed by atoms with Gasteiger partial charge in [0.15, 0.2) is 0 Å². The fraction of sp³-hybridized carbons (Fsp3) is 0.263. The molecule has 1 atom stereocenters. The van der Waals surface area contributed by atoms with Crippen LogP contribution in [0.2, 0.25) is 0 Å². The van der Waals surface area contributed by atoms with E-state index in [9.17, 15) is 13.6 Å². The predicted octanol–water partition coefficient (Wildman–Crippen LogP) is 2.52. The first-order valence-corrected chi connectivity index (χ1v) is 9.12. The Kier molecular flexibility index (Phi) is 3.93. The van der Waals surface area contributed by atoms with E-state index in [1.165, 1.54) is 17.9 Å². The topological polar surface area (TPSA) is 84.1 Å². The number of hydrogen-bond acceptors (Lipinski definition) is 4. The smallest absolute Gasteiger partial charge is 0.282 e. The average Bonchev–Trinajstić information content (AvgIpc) is 3.43. The molecule has 1 N–H and O–H groups in total. The van der Waals surface area contributed by atoms with Crippen molar-refractivity contribution in [3.05, 3.63) is 71.3 Å². The monoisotopic (exact) mass is 397 g/mol. The molecule has 8 nitrogen and oxygen atoms in total. The molecular formula is C19H17F2N7O. The van der Waals surface area contributed by atoms with Crippen molar-refractivity contribution in [3.63, 3.8) is 0 Å². The summed E-state index contributed by atoms with van der Waals surface area (Å²) in [7, 11) is 1.52. The number of nitrogens with zero attached hydrogens (tertiary/aromatic N) is 6. The molecule has 0 aromatic carbocycles. The number of hydrogen-bond donors (Lipinski definition) is 1. The molecule has 0 aliphatic carbocycles. The molecule has 0 saturated carbocycles. The average molecular weight is 397 g/mol. The number of amides is 1. The molecule has 0 saturated heterocycles. The fourth-order valence-electron chi connectivity index (χ4n) is 3.87. The molecule has 0 bridgehead atoms. The number of H-pyrrole nitrogens is 1. The summed E-state index contributed by atoms with van der Waals surface area (Å²) in [5, 5.41) is 8.37. The first-order valence-electron chi connectivity index (χ1n) is 9.12. The summed E-state index contributed by atoms with van der Waals surface area (Å²) in [6.07, 6.45) is 2.44. The summed E-state index contributed by atoms with van der Waals surface area (Å²) >= 11 is 0. The number of carbonyl (C=O) groups excluding carboxylic acids is 1. The summed E-state index contributed by atoms with van der Waals surface area (Å²) in [5.41, 5.74) is 2.47. The van der Waals surface area contributed by atoms with Gasteiger partial charge in [0.25, 0.3) is 12.3 Å². The lowest BCUT2D eigenvalue weighted by Gasteiger charge is -2.33. The number of carbonyl (C=O) groups is 1. The zero-order valence-electron chi connectivity index (χ0n) is 15.5. The Morgan fingerprint density at radius 3 is 2.97 bits per heavy atom. The van der Waals surface area contributed by atoms with E-state index in [2.05, 4.69) is 20.2 Å². The van der Waals surface area contributed by atoms with Crippen molar-refractivity contribution < 1.29 is 13.6 Å². The minimum absolute atomic E-state index is 0.102. The number of fused-ring (bicyclic) bond motifs is 2. The normalized spacial score (nSPS) is 16.6. The minimum Gasteiger partial charge on any atom is -0.348 e. The molecule has 4 aromatic heterocycles. The summed E-state index contributed by atoms with van der Waals surface area (Å²) in [6.45, 7) is 0.351. The first-order chi connectivity index (χ1) is 14.0. The van der Waals surface area contributed by atoms with Gasteiger partial charge in [-0.1, -0.05) is 6.07 Å². The van der Waals surface area contributed by atoms with Gasteiger partial charge in [0, 0.05) is 38.1 Å². The Morgan fingerprint density at radius 1 is 1.31 bits per heavy atom. The Morgan fingerprint density at radius 2 is 2.17 bits per heavy atom. The van der Waals surface area contributed by atoms with Gasteiger partial charge >= 0.3 is 0 Å². The first kappa shape index (κ1) is 17.5. The van der Waals surface area contributed by atoms with Gasteiger partial charge in [0.2, 0.25) is 0 Å². The molecule has 5 heterocycles. The second-order valence-corrected chi connectivity index (χ2v) is 6.96. The third kappa shape index (κ3) is 2.79. The van der Waals surface area contributed by atoms with Gasteiger partial charge in [-0.05, 0) is 18.2 Å². The molecule has 4 aromatic rings. The minimum atomic E-state index is -2.84. The third-order valence-electron chi connectivity index (χ3n) is 5.15. The van der Waals surface area contributed by atoms with Crippen LogP contribution in [0.15, 0.2) is 43.0 Å². The van der Waals surface area contributed by atoms with E-state index in [-0.39, 0.29) is 5.56 Å². The Balaban J connectivity index is 1.62. The molecular weight excluding hydrogens is 380 g/mol. The number of pyridine rings is 1. The van der Waals surface area contributed by atoms with E-state index in [0.29, 0.717) is 24.4 Å². The van der Waals surface area contributed by atoms with Crippen LogP contribution in [-0.2, 0) is 13.5 Å². The second-order valence-electron chi connectivity index (χ2n) is 6.96. The van der Waals surface area contributed by atoms with Gasteiger partial charge in [-0.3, -0.25) is 9.48 Å². The van der Waals surface area contributed by atoms with Gasteiger partial charge < -0.3 is 9.88 Å². The van der Waals surface area contributed by atoms with Crippen LogP contribution < -0.4 is 0 Å². The molecule has 10 heteroatoms.